The van der Waals surface area contributed by atoms with Crippen molar-refractivity contribution < 1.29 is 27.5 Å². The Morgan fingerprint density at radius 1 is 1.17 bits per heavy atom. The van der Waals surface area contributed by atoms with Gasteiger partial charge in [0.2, 0.25) is 0 Å². The lowest BCUT2D eigenvalue weighted by molar-refractivity contribution is -0.153. The van der Waals surface area contributed by atoms with Crippen molar-refractivity contribution >= 4 is 33.2 Å². The zero-order valence-corrected chi connectivity index (χ0v) is 18.2. The summed E-state index contributed by atoms with van der Waals surface area (Å²) in [6.07, 6.45) is 0.744. The molecule has 0 aliphatic carbocycles. The Morgan fingerprint density at radius 3 is 2.47 bits per heavy atom. The summed E-state index contributed by atoms with van der Waals surface area (Å²) in [6, 6.07) is 10.5. The van der Waals surface area contributed by atoms with Crippen molar-refractivity contribution in [2.45, 2.75) is 23.6 Å². The summed E-state index contributed by atoms with van der Waals surface area (Å²) in [5, 5.41) is 4.41. The number of piperidine rings is 1. The summed E-state index contributed by atoms with van der Waals surface area (Å²) >= 11 is 1.17. The second-order valence-corrected chi connectivity index (χ2v) is 9.96. The third-order valence-electron chi connectivity index (χ3n) is 4.87. The molecule has 1 aromatic carbocycles. The topological polar surface area (TPSA) is 102 Å². The van der Waals surface area contributed by atoms with Crippen LogP contribution in [0.1, 0.15) is 18.4 Å². The van der Waals surface area contributed by atoms with Gasteiger partial charge in [0.1, 0.15) is 9.96 Å². The number of nitrogens with zero attached hydrogens (tertiary/aromatic N) is 1. The molecule has 1 aliphatic rings. The third kappa shape index (κ3) is 5.59. The molecule has 162 valence electrons. The summed E-state index contributed by atoms with van der Waals surface area (Å²) in [5.41, 5.74) is 0.898. The molecule has 1 fully saturated rings. The van der Waals surface area contributed by atoms with Crippen LogP contribution in [0.15, 0.2) is 46.0 Å². The normalized spacial score (nSPS) is 15.5. The lowest BCUT2D eigenvalue weighted by atomic mass is 9.98. The minimum absolute atomic E-state index is 0.254. The number of sulfonamides is 1. The number of hydrogen-bond acceptors (Lipinski definition) is 7. The van der Waals surface area contributed by atoms with Crippen LogP contribution in [0.4, 0.5) is 0 Å². The van der Waals surface area contributed by atoms with Gasteiger partial charge >= 0.3 is 5.97 Å². The molecule has 0 radical (unpaired) electrons. The maximum Gasteiger partial charge on any atom is 0.309 e. The smallest absolute Gasteiger partial charge is 0.309 e. The lowest BCUT2D eigenvalue weighted by Gasteiger charge is -2.29. The summed E-state index contributed by atoms with van der Waals surface area (Å²) in [7, 11) is -1.92. The van der Waals surface area contributed by atoms with E-state index in [9.17, 15) is 18.0 Å². The first-order valence-electron chi connectivity index (χ1n) is 9.50. The van der Waals surface area contributed by atoms with Gasteiger partial charge in [-0.2, -0.15) is 4.31 Å². The number of benzene rings is 1. The van der Waals surface area contributed by atoms with Crippen molar-refractivity contribution in [1.82, 2.24) is 9.62 Å². The zero-order valence-electron chi connectivity index (χ0n) is 16.6. The molecule has 3 rings (SSSR count). The molecule has 2 heterocycles. The largest absolute Gasteiger partial charge is 0.497 e. The molecule has 0 saturated carbocycles. The molecule has 1 amide bonds. The molecule has 1 aromatic heterocycles. The van der Waals surface area contributed by atoms with Crippen LogP contribution in [0.3, 0.4) is 0 Å². The van der Waals surface area contributed by atoms with Crippen LogP contribution in [-0.2, 0) is 30.9 Å². The fraction of sp³-hybridized carbons (Fsp3) is 0.400. The van der Waals surface area contributed by atoms with Crippen LogP contribution in [0, 0.1) is 5.92 Å². The quantitative estimate of drug-likeness (QED) is 0.615. The van der Waals surface area contributed by atoms with Crippen LogP contribution in [0.25, 0.3) is 0 Å². The van der Waals surface area contributed by atoms with Gasteiger partial charge in [-0.3, -0.25) is 9.59 Å². The van der Waals surface area contributed by atoms with Crippen molar-refractivity contribution in [3.63, 3.8) is 0 Å². The highest BCUT2D eigenvalue weighted by molar-refractivity contribution is 7.91. The zero-order chi connectivity index (χ0) is 21.6. The van der Waals surface area contributed by atoms with E-state index in [0.717, 1.165) is 11.3 Å². The fourth-order valence-electron chi connectivity index (χ4n) is 3.12. The van der Waals surface area contributed by atoms with Crippen molar-refractivity contribution in [2.24, 2.45) is 5.92 Å². The first-order chi connectivity index (χ1) is 14.4. The molecule has 1 saturated heterocycles. The van der Waals surface area contributed by atoms with Crippen molar-refractivity contribution in [1.29, 1.82) is 0 Å². The monoisotopic (exact) mass is 452 g/mol. The Morgan fingerprint density at radius 2 is 1.87 bits per heavy atom. The highest BCUT2D eigenvalue weighted by Gasteiger charge is 2.33. The highest BCUT2D eigenvalue weighted by atomic mass is 32.2. The Kier molecular flexibility index (Phi) is 7.46. The van der Waals surface area contributed by atoms with Gasteiger partial charge in [0.25, 0.3) is 15.9 Å². The molecule has 1 aliphatic heterocycles. The van der Waals surface area contributed by atoms with E-state index in [1.54, 1.807) is 36.8 Å². The van der Waals surface area contributed by atoms with E-state index in [4.69, 9.17) is 9.47 Å². The summed E-state index contributed by atoms with van der Waals surface area (Å²) in [4.78, 5) is 24.2. The average Bonchev–Trinajstić information content (AvgIpc) is 3.32. The van der Waals surface area contributed by atoms with Crippen LogP contribution < -0.4 is 10.1 Å². The predicted octanol–water partition coefficient (Wildman–Crippen LogP) is 2.02. The van der Waals surface area contributed by atoms with Gasteiger partial charge in [-0.1, -0.05) is 18.2 Å². The Balaban J connectivity index is 1.39. The van der Waals surface area contributed by atoms with Crippen LogP contribution in [0.2, 0.25) is 0 Å². The van der Waals surface area contributed by atoms with E-state index in [1.165, 1.54) is 15.6 Å². The van der Waals surface area contributed by atoms with Gasteiger partial charge in [0.15, 0.2) is 6.61 Å². The van der Waals surface area contributed by atoms with Crippen LogP contribution in [0.5, 0.6) is 5.75 Å². The number of nitrogens with one attached hydrogen (secondary N) is 1. The van der Waals surface area contributed by atoms with Gasteiger partial charge < -0.3 is 14.8 Å². The van der Waals surface area contributed by atoms with Gasteiger partial charge in [-0.05, 0) is 42.0 Å². The van der Waals surface area contributed by atoms with Gasteiger partial charge in [-0.15, -0.1) is 11.3 Å². The number of methoxy groups -OCH3 is 1. The molecule has 30 heavy (non-hydrogen) atoms. The molecule has 0 unspecified atom stereocenters. The average molecular weight is 453 g/mol. The number of esters is 1. The van der Waals surface area contributed by atoms with E-state index in [2.05, 4.69) is 5.32 Å². The molecule has 1 N–H and O–H groups in total. The highest BCUT2D eigenvalue weighted by Crippen LogP contribution is 2.26. The molecule has 0 atom stereocenters. The molecular formula is C20H24N2O6S2. The first kappa shape index (κ1) is 22.3. The maximum atomic E-state index is 12.5. The Labute approximate surface area is 179 Å². The molecule has 0 bridgehead atoms. The van der Waals surface area contributed by atoms with E-state index in [0.29, 0.717) is 23.6 Å². The summed E-state index contributed by atoms with van der Waals surface area (Å²) in [5.74, 6) is -0.540. The molecule has 2 aromatic rings. The van der Waals surface area contributed by atoms with E-state index in [-0.39, 0.29) is 19.7 Å². The Hall–Kier alpha value is -2.43. The molecule has 10 heteroatoms. The lowest BCUT2D eigenvalue weighted by Crippen LogP contribution is -2.40. The number of thiophene rings is 1. The predicted molar refractivity (Wildman–Crippen MR) is 112 cm³/mol. The first-order valence-corrected chi connectivity index (χ1v) is 11.8. The number of rotatable bonds is 8. The van der Waals surface area contributed by atoms with Gasteiger partial charge in [0.05, 0.1) is 13.0 Å². The van der Waals surface area contributed by atoms with E-state index in [1.807, 2.05) is 12.1 Å². The Bertz CT molecular complexity index is 950. The van der Waals surface area contributed by atoms with E-state index < -0.39 is 27.8 Å². The number of hydrogen-bond donors (Lipinski definition) is 1. The number of carbonyl (C=O) groups is 2. The minimum Gasteiger partial charge on any atom is -0.497 e. The van der Waals surface area contributed by atoms with Crippen LogP contribution >= 0.6 is 11.3 Å². The standard InChI is InChI=1S/C20H24N2O6S2/c1-27-17-6-4-15(5-7-17)13-21-18(23)14-28-20(24)16-8-10-22(11-9-16)30(25,26)19-3-2-12-29-19/h2-7,12,16H,8-11,13-14H2,1H3,(H,21,23). The SMILES string of the molecule is COc1ccc(CNC(=O)COC(=O)C2CCN(S(=O)(=O)c3cccs3)CC2)cc1. The number of amides is 1. The maximum absolute atomic E-state index is 12.5. The van der Waals surface area contributed by atoms with E-state index >= 15 is 0 Å². The summed E-state index contributed by atoms with van der Waals surface area (Å²) < 4.78 is 37.0. The molecule has 0 spiro atoms. The number of ether oxygens (including phenoxy) is 2. The second kappa shape index (κ2) is 10.1. The van der Waals surface area contributed by atoms with Crippen LogP contribution in [-0.4, -0.2) is 51.4 Å². The molecular weight excluding hydrogens is 428 g/mol. The van der Waals surface area contributed by atoms with Crippen molar-refractivity contribution in [2.75, 3.05) is 26.8 Å². The summed E-state index contributed by atoms with van der Waals surface area (Å²) in [6.45, 7) is 0.468. The fourth-order valence-corrected chi connectivity index (χ4v) is 5.73. The van der Waals surface area contributed by atoms with Crippen molar-refractivity contribution in [3.8, 4) is 5.75 Å². The molecule has 8 nitrogen and oxygen atoms in total. The van der Waals surface area contributed by atoms with Crippen molar-refractivity contribution in [3.05, 3.63) is 47.3 Å². The minimum atomic E-state index is -3.50. The third-order valence-corrected chi connectivity index (χ3v) is 8.14. The van der Waals surface area contributed by atoms with Gasteiger partial charge in [-0.25, -0.2) is 8.42 Å². The number of carbonyl (C=O) groups excluding carboxylic acids is 2. The van der Waals surface area contributed by atoms with Gasteiger partial charge in [0, 0.05) is 19.6 Å². The second-order valence-electron chi connectivity index (χ2n) is 6.84.